The van der Waals surface area contributed by atoms with Crippen LogP contribution >= 0.6 is 0 Å². The largest absolute Gasteiger partial charge is 0.489 e. The van der Waals surface area contributed by atoms with Crippen molar-refractivity contribution in [3.63, 3.8) is 0 Å². The van der Waals surface area contributed by atoms with Gasteiger partial charge < -0.3 is 10.5 Å². The highest BCUT2D eigenvalue weighted by Gasteiger charge is 2.29. The maximum atomic E-state index is 5.99. The Hall–Kier alpha value is -2.65. The second kappa shape index (κ2) is 6.46. The Morgan fingerprint density at radius 1 is 0.958 bits per heavy atom. The van der Waals surface area contributed by atoms with E-state index >= 15 is 0 Å². The van der Waals surface area contributed by atoms with Crippen LogP contribution in [0.4, 0.5) is 0 Å². The molecule has 2 aromatic carbocycles. The first-order valence-electron chi connectivity index (χ1n) is 8.33. The van der Waals surface area contributed by atoms with Crippen LogP contribution in [0, 0.1) is 0 Å². The van der Waals surface area contributed by atoms with Gasteiger partial charge in [0.1, 0.15) is 12.4 Å². The molecule has 1 unspecified atom stereocenters. The number of ether oxygens (including phenoxy) is 1. The summed E-state index contributed by atoms with van der Waals surface area (Å²) in [6.45, 7) is 1.24. The van der Waals surface area contributed by atoms with Crippen LogP contribution < -0.4 is 10.5 Å². The molecule has 0 radical (unpaired) electrons. The number of hydrogen-bond donors (Lipinski definition) is 1. The zero-order chi connectivity index (χ0) is 16.4. The third-order valence-electron chi connectivity index (χ3n) is 4.57. The topological polar surface area (TPSA) is 48.1 Å². The lowest BCUT2D eigenvalue weighted by Crippen LogP contribution is -2.06. The monoisotopic (exact) mass is 316 g/mol. The van der Waals surface area contributed by atoms with Crippen LogP contribution in [0.15, 0.2) is 66.9 Å². The quantitative estimate of drug-likeness (QED) is 0.770. The fourth-order valence-electron chi connectivity index (χ4n) is 3.44. The van der Waals surface area contributed by atoms with Gasteiger partial charge in [-0.05, 0) is 53.9 Å². The highest BCUT2D eigenvalue weighted by molar-refractivity contribution is 5.76. The fourth-order valence-corrected chi connectivity index (χ4v) is 3.44. The van der Waals surface area contributed by atoms with Gasteiger partial charge in [-0.3, -0.25) is 4.98 Å². The van der Waals surface area contributed by atoms with Crippen LogP contribution in [0.25, 0.3) is 11.3 Å². The zero-order valence-electron chi connectivity index (χ0n) is 13.5. The van der Waals surface area contributed by atoms with E-state index in [2.05, 4.69) is 35.3 Å². The molecule has 0 amide bonds. The minimum absolute atomic E-state index is 0.314. The molecule has 120 valence electrons. The second-order valence-corrected chi connectivity index (χ2v) is 6.09. The van der Waals surface area contributed by atoms with Crippen LogP contribution in [-0.4, -0.2) is 11.5 Å². The third kappa shape index (κ3) is 2.68. The lowest BCUT2D eigenvalue weighted by molar-refractivity contribution is 0.306. The van der Waals surface area contributed by atoms with Gasteiger partial charge in [0, 0.05) is 17.7 Å². The number of rotatable bonds is 5. The van der Waals surface area contributed by atoms with E-state index in [-0.39, 0.29) is 0 Å². The summed E-state index contributed by atoms with van der Waals surface area (Å²) in [5, 5.41) is 0. The molecule has 3 nitrogen and oxygen atoms in total. The van der Waals surface area contributed by atoms with Gasteiger partial charge in [-0.2, -0.15) is 0 Å². The predicted molar refractivity (Wildman–Crippen MR) is 96.0 cm³/mol. The Kier molecular flexibility index (Phi) is 4.01. The van der Waals surface area contributed by atoms with Gasteiger partial charge in [-0.1, -0.05) is 36.4 Å². The van der Waals surface area contributed by atoms with E-state index in [0.717, 1.165) is 17.9 Å². The lowest BCUT2D eigenvalue weighted by Gasteiger charge is -2.13. The highest BCUT2D eigenvalue weighted by Crippen LogP contribution is 2.46. The van der Waals surface area contributed by atoms with Crippen molar-refractivity contribution in [1.29, 1.82) is 0 Å². The van der Waals surface area contributed by atoms with Crippen molar-refractivity contribution < 1.29 is 4.74 Å². The molecule has 1 heterocycles. The van der Waals surface area contributed by atoms with Crippen molar-refractivity contribution in [1.82, 2.24) is 4.98 Å². The molecule has 1 atom stereocenters. The van der Waals surface area contributed by atoms with Crippen molar-refractivity contribution in [2.75, 3.05) is 6.54 Å². The molecule has 2 N–H and O–H groups in total. The number of nitrogens with zero attached hydrogens (tertiary/aromatic N) is 1. The third-order valence-corrected chi connectivity index (χ3v) is 4.57. The Balaban J connectivity index is 1.63. The summed E-state index contributed by atoms with van der Waals surface area (Å²) in [6, 6.07) is 20.7. The summed E-state index contributed by atoms with van der Waals surface area (Å²) in [5.74, 6) is 1.21. The molecule has 0 fully saturated rings. The molecule has 0 saturated carbocycles. The first kappa shape index (κ1) is 14.9. The van der Waals surface area contributed by atoms with Crippen LogP contribution in [0.5, 0.6) is 5.75 Å². The molecule has 24 heavy (non-hydrogen) atoms. The van der Waals surface area contributed by atoms with E-state index < -0.39 is 0 Å². The predicted octanol–water partition coefficient (Wildman–Crippen LogP) is 4.12. The standard InChI is InChI=1S/C21H20N2O/c22-11-10-17-18-7-4-12-23-21(18)19-9-8-16(13-20(17)19)24-14-15-5-2-1-3-6-15/h1-9,12-13,17H,10-11,14,22H2. The molecule has 0 aliphatic heterocycles. The zero-order valence-corrected chi connectivity index (χ0v) is 13.5. The number of benzene rings is 2. The molecule has 1 aliphatic carbocycles. The summed E-state index contributed by atoms with van der Waals surface area (Å²) in [7, 11) is 0. The van der Waals surface area contributed by atoms with E-state index in [1.807, 2.05) is 36.5 Å². The Bertz CT molecular complexity index is 845. The van der Waals surface area contributed by atoms with Gasteiger partial charge >= 0.3 is 0 Å². The molecule has 1 aliphatic rings. The highest BCUT2D eigenvalue weighted by atomic mass is 16.5. The summed E-state index contributed by atoms with van der Waals surface area (Å²) in [4.78, 5) is 4.57. The van der Waals surface area contributed by atoms with Crippen LogP contribution in [0.2, 0.25) is 0 Å². The maximum Gasteiger partial charge on any atom is 0.120 e. The van der Waals surface area contributed by atoms with Gasteiger partial charge in [-0.15, -0.1) is 0 Å². The van der Waals surface area contributed by atoms with Crippen LogP contribution in [-0.2, 0) is 6.61 Å². The SMILES string of the molecule is NCCC1c2cc(OCc3ccccc3)ccc2-c2ncccc21. The number of nitrogens with two attached hydrogens (primary N) is 1. The second-order valence-electron chi connectivity index (χ2n) is 6.09. The molecule has 3 aromatic rings. The summed E-state index contributed by atoms with van der Waals surface area (Å²) in [6.07, 6.45) is 2.78. The number of fused-ring (bicyclic) bond motifs is 3. The first-order valence-corrected chi connectivity index (χ1v) is 8.33. The number of pyridine rings is 1. The molecule has 0 bridgehead atoms. The van der Waals surface area contributed by atoms with Gasteiger partial charge in [0.2, 0.25) is 0 Å². The van der Waals surface area contributed by atoms with E-state index in [4.69, 9.17) is 10.5 Å². The minimum atomic E-state index is 0.314. The van der Waals surface area contributed by atoms with E-state index in [1.165, 1.54) is 22.3 Å². The van der Waals surface area contributed by atoms with Crippen molar-refractivity contribution in [3.05, 3.63) is 83.6 Å². The number of hydrogen-bond acceptors (Lipinski definition) is 3. The van der Waals surface area contributed by atoms with E-state index in [9.17, 15) is 0 Å². The molecule has 1 aromatic heterocycles. The lowest BCUT2D eigenvalue weighted by atomic mass is 9.94. The van der Waals surface area contributed by atoms with Crippen LogP contribution in [0.1, 0.15) is 29.0 Å². The summed E-state index contributed by atoms with van der Waals surface area (Å²) < 4.78 is 5.99. The first-order chi connectivity index (χ1) is 11.9. The molecule has 0 saturated heterocycles. The number of aromatic nitrogens is 1. The Morgan fingerprint density at radius 2 is 1.83 bits per heavy atom. The maximum absolute atomic E-state index is 5.99. The normalized spacial score (nSPS) is 15.0. The fraction of sp³-hybridized carbons (Fsp3) is 0.190. The van der Waals surface area contributed by atoms with E-state index in [0.29, 0.717) is 19.1 Å². The van der Waals surface area contributed by atoms with Gasteiger partial charge in [0.25, 0.3) is 0 Å². The molecule has 0 spiro atoms. The molecule has 4 rings (SSSR count). The molecular formula is C21H20N2O. The van der Waals surface area contributed by atoms with Gasteiger partial charge in [0.05, 0.1) is 5.69 Å². The minimum Gasteiger partial charge on any atom is -0.489 e. The summed E-state index contributed by atoms with van der Waals surface area (Å²) in [5.41, 5.74) is 11.9. The average Bonchev–Trinajstić information content (AvgIpc) is 2.95. The van der Waals surface area contributed by atoms with Crippen molar-refractivity contribution >= 4 is 0 Å². The Morgan fingerprint density at radius 3 is 2.67 bits per heavy atom. The molecule has 3 heteroatoms. The smallest absolute Gasteiger partial charge is 0.120 e. The average molecular weight is 316 g/mol. The van der Waals surface area contributed by atoms with Crippen LogP contribution in [0.3, 0.4) is 0 Å². The van der Waals surface area contributed by atoms with Crippen molar-refractivity contribution in [3.8, 4) is 17.0 Å². The van der Waals surface area contributed by atoms with Crippen molar-refractivity contribution in [2.45, 2.75) is 18.9 Å². The van der Waals surface area contributed by atoms with Gasteiger partial charge in [-0.25, -0.2) is 0 Å². The summed E-state index contributed by atoms with van der Waals surface area (Å²) >= 11 is 0. The van der Waals surface area contributed by atoms with E-state index in [1.54, 1.807) is 0 Å². The molecular weight excluding hydrogens is 296 g/mol. The van der Waals surface area contributed by atoms with Gasteiger partial charge in [0.15, 0.2) is 0 Å². The Labute approximate surface area is 142 Å². The van der Waals surface area contributed by atoms with Crippen molar-refractivity contribution in [2.24, 2.45) is 5.73 Å².